The molecule has 0 aliphatic carbocycles. The molecule has 0 bridgehead atoms. The molecule has 0 radical (unpaired) electrons. The van der Waals surface area contributed by atoms with Crippen LogP contribution in [0.5, 0.6) is 0 Å². The summed E-state index contributed by atoms with van der Waals surface area (Å²) in [5, 5.41) is 1.11. The van der Waals surface area contributed by atoms with Gasteiger partial charge in [-0.15, -0.1) is 11.3 Å². The van der Waals surface area contributed by atoms with Crippen LogP contribution in [0.15, 0.2) is 42.7 Å². The Labute approximate surface area is 163 Å². The molecule has 138 valence electrons. The minimum absolute atomic E-state index is 0.0643. The zero-order valence-corrected chi connectivity index (χ0v) is 16.4. The monoisotopic (exact) mass is 378 g/mol. The molecular formula is C21H22N4OS. The topological polar surface area (TPSA) is 49.3 Å². The molecule has 1 fully saturated rings. The maximum absolute atomic E-state index is 12.5. The highest BCUT2D eigenvalue weighted by atomic mass is 32.1. The van der Waals surface area contributed by atoms with E-state index in [1.165, 1.54) is 10.4 Å². The number of thiophene rings is 1. The Morgan fingerprint density at radius 3 is 2.56 bits per heavy atom. The highest BCUT2D eigenvalue weighted by molar-refractivity contribution is 7.18. The van der Waals surface area contributed by atoms with Gasteiger partial charge in [0.25, 0.3) is 0 Å². The molecule has 2 aromatic heterocycles. The molecule has 6 heteroatoms. The van der Waals surface area contributed by atoms with E-state index in [0.717, 1.165) is 34.7 Å². The van der Waals surface area contributed by atoms with E-state index < -0.39 is 0 Å². The number of aromatic nitrogens is 2. The minimum atomic E-state index is 0.0643. The van der Waals surface area contributed by atoms with Gasteiger partial charge in [-0.2, -0.15) is 0 Å². The first-order valence-electron chi connectivity index (χ1n) is 9.10. The van der Waals surface area contributed by atoms with Gasteiger partial charge in [0.2, 0.25) is 5.91 Å². The standard InChI is InChI=1S/C21H22N4OS/c1-15-3-5-17(6-4-15)7-8-19(26)24-9-11-25(12-10-24)20-18-13-16(2)27-21(18)23-14-22-20/h3-8,13-14H,9-12H2,1-2H3/b8-7+. The van der Waals surface area contributed by atoms with Gasteiger partial charge in [-0.3, -0.25) is 4.79 Å². The number of aryl methyl sites for hydroxylation is 2. The molecule has 1 aromatic carbocycles. The number of carbonyl (C=O) groups excluding carboxylic acids is 1. The van der Waals surface area contributed by atoms with Crippen LogP contribution < -0.4 is 4.90 Å². The van der Waals surface area contributed by atoms with Gasteiger partial charge < -0.3 is 9.80 Å². The van der Waals surface area contributed by atoms with Crippen molar-refractivity contribution < 1.29 is 4.79 Å². The fraction of sp³-hybridized carbons (Fsp3) is 0.286. The van der Waals surface area contributed by atoms with E-state index in [1.54, 1.807) is 23.7 Å². The number of anilines is 1. The lowest BCUT2D eigenvalue weighted by atomic mass is 10.1. The van der Waals surface area contributed by atoms with E-state index >= 15 is 0 Å². The predicted molar refractivity (Wildman–Crippen MR) is 111 cm³/mol. The average Bonchev–Trinajstić information content (AvgIpc) is 3.07. The molecule has 3 heterocycles. The van der Waals surface area contributed by atoms with Gasteiger partial charge in [-0.25, -0.2) is 9.97 Å². The fourth-order valence-electron chi connectivity index (χ4n) is 3.30. The van der Waals surface area contributed by atoms with Crippen molar-refractivity contribution in [3.63, 3.8) is 0 Å². The molecule has 5 nitrogen and oxygen atoms in total. The van der Waals surface area contributed by atoms with Crippen molar-refractivity contribution in [2.45, 2.75) is 13.8 Å². The van der Waals surface area contributed by atoms with Crippen molar-refractivity contribution in [3.8, 4) is 0 Å². The largest absolute Gasteiger partial charge is 0.352 e. The third-order valence-corrected chi connectivity index (χ3v) is 5.78. The first kappa shape index (κ1) is 17.7. The van der Waals surface area contributed by atoms with E-state index in [1.807, 2.05) is 23.1 Å². The van der Waals surface area contributed by atoms with Crippen LogP contribution >= 0.6 is 11.3 Å². The second-order valence-corrected chi connectivity index (χ2v) is 8.06. The summed E-state index contributed by atoms with van der Waals surface area (Å²) in [4.78, 5) is 27.8. The number of carbonyl (C=O) groups is 1. The first-order chi connectivity index (χ1) is 13.1. The summed E-state index contributed by atoms with van der Waals surface area (Å²) >= 11 is 1.69. The summed E-state index contributed by atoms with van der Waals surface area (Å²) in [6.45, 7) is 7.11. The number of nitrogens with zero attached hydrogens (tertiary/aromatic N) is 4. The minimum Gasteiger partial charge on any atom is -0.352 e. The second kappa shape index (κ2) is 7.48. The maximum atomic E-state index is 12.5. The Kier molecular flexibility index (Phi) is 4.90. The van der Waals surface area contributed by atoms with Gasteiger partial charge in [0, 0.05) is 37.1 Å². The Bertz CT molecular complexity index is 985. The third kappa shape index (κ3) is 3.85. The molecule has 1 saturated heterocycles. The van der Waals surface area contributed by atoms with Crippen molar-refractivity contribution in [2.24, 2.45) is 0 Å². The molecule has 1 aliphatic heterocycles. The van der Waals surface area contributed by atoms with Crippen LogP contribution in [0.4, 0.5) is 5.82 Å². The van der Waals surface area contributed by atoms with Gasteiger partial charge >= 0.3 is 0 Å². The highest BCUT2D eigenvalue weighted by Gasteiger charge is 2.22. The Morgan fingerprint density at radius 1 is 1.07 bits per heavy atom. The summed E-state index contributed by atoms with van der Waals surface area (Å²) in [6.07, 6.45) is 5.19. The normalized spacial score (nSPS) is 15.0. The quantitative estimate of drug-likeness (QED) is 0.653. The molecule has 1 amide bonds. The Balaban J connectivity index is 1.41. The average molecular weight is 379 g/mol. The zero-order chi connectivity index (χ0) is 18.8. The molecule has 1 aliphatic rings. The van der Waals surface area contributed by atoms with Gasteiger partial charge in [-0.05, 0) is 31.6 Å². The molecule has 0 spiro atoms. The lowest BCUT2D eigenvalue weighted by Crippen LogP contribution is -2.48. The third-order valence-electron chi connectivity index (χ3n) is 4.82. The molecule has 0 N–H and O–H groups in total. The molecule has 27 heavy (non-hydrogen) atoms. The van der Waals surface area contributed by atoms with Crippen molar-refractivity contribution in [1.29, 1.82) is 0 Å². The van der Waals surface area contributed by atoms with E-state index in [9.17, 15) is 4.79 Å². The number of benzene rings is 1. The summed E-state index contributed by atoms with van der Waals surface area (Å²) in [5.74, 6) is 1.04. The van der Waals surface area contributed by atoms with Crippen LogP contribution in [0.2, 0.25) is 0 Å². The lowest BCUT2D eigenvalue weighted by Gasteiger charge is -2.35. The van der Waals surface area contributed by atoms with E-state index in [-0.39, 0.29) is 5.91 Å². The molecule has 4 rings (SSSR count). The molecule has 0 saturated carbocycles. The van der Waals surface area contributed by atoms with Crippen molar-refractivity contribution >= 4 is 39.4 Å². The maximum Gasteiger partial charge on any atom is 0.246 e. The van der Waals surface area contributed by atoms with Crippen LogP contribution in [0.1, 0.15) is 16.0 Å². The van der Waals surface area contributed by atoms with Crippen molar-refractivity contribution in [1.82, 2.24) is 14.9 Å². The summed E-state index contributed by atoms with van der Waals surface area (Å²) in [6, 6.07) is 10.3. The smallest absolute Gasteiger partial charge is 0.246 e. The highest BCUT2D eigenvalue weighted by Crippen LogP contribution is 2.30. The number of piperazine rings is 1. The van der Waals surface area contributed by atoms with Crippen molar-refractivity contribution in [2.75, 3.05) is 31.1 Å². The van der Waals surface area contributed by atoms with Gasteiger partial charge in [0.1, 0.15) is 17.0 Å². The van der Waals surface area contributed by atoms with Gasteiger partial charge in [0.05, 0.1) is 5.39 Å². The number of hydrogen-bond acceptors (Lipinski definition) is 5. The summed E-state index contributed by atoms with van der Waals surface area (Å²) < 4.78 is 0. The van der Waals surface area contributed by atoms with E-state index in [2.05, 4.69) is 46.9 Å². The zero-order valence-electron chi connectivity index (χ0n) is 15.6. The van der Waals surface area contributed by atoms with Crippen LogP contribution in [-0.4, -0.2) is 47.0 Å². The van der Waals surface area contributed by atoms with E-state index in [0.29, 0.717) is 13.1 Å². The lowest BCUT2D eigenvalue weighted by molar-refractivity contribution is -0.126. The Hall–Kier alpha value is -2.73. The molecule has 3 aromatic rings. The fourth-order valence-corrected chi connectivity index (χ4v) is 4.15. The summed E-state index contributed by atoms with van der Waals surface area (Å²) in [5.41, 5.74) is 2.26. The number of hydrogen-bond donors (Lipinski definition) is 0. The molecule has 0 atom stereocenters. The van der Waals surface area contributed by atoms with Crippen LogP contribution in [0.25, 0.3) is 16.3 Å². The van der Waals surface area contributed by atoms with E-state index in [4.69, 9.17) is 0 Å². The summed E-state index contributed by atoms with van der Waals surface area (Å²) in [7, 11) is 0. The predicted octanol–water partition coefficient (Wildman–Crippen LogP) is 3.67. The van der Waals surface area contributed by atoms with Crippen LogP contribution in [0, 0.1) is 13.8 Å². The molecule has 0 unspecified atom stereocenters. The van der Waals surface area contributed by atoms with Gasteiger partial charge in [0.15, 0.2) is 0 Å². The van der Waals surface area contributed by atoms with Crippen LogP contribution in [-0.2, 0) is 4.79 Å². The number of fused-ring (bicyclic) bond motifs is 1. The molecular weight excluding hydrogens is 356 g/mol. The SMILES string of the molecule is Cc1ccc(/C=C/C(=O)N2CCN(c3ncnc4sc(C)cc34)CC2)cc1. The second-order valence-electron chi connectivity index (χ2n) is 6.83. The Morgan fingerprint density at radius 2 is 1.81 bits per heavy atom. The van der Waals surface area contributed by atoms with Crippen molar-refractivity contribution in [3.05, 3.63) is 58.7 Å². The number of amides is 1. The van der Waals surface area contributed by atoms with Crippen LogP contribution in [0.3, 0.4) is 0 Å². The first-order valence-corrected chi connectivity index (χ1v) is 9.91. The van der Waals surface area contributed by atoms with Gasteiger partial charge in [-0.1, -0.05) is 29.8 Å². The number of rotatable bonds is 3.